The quantitative estimate of drug-likeness (QED) is 0.254. The molecule has 13 heteroatoms. The summed E-state index contributed by atoms with van der Waals surface area (Å²) in [5, 5.41) is 3.31. The van der Waals surface area contributed by atoms with E-state index in [4.69, 9.17) is 32.7 Å². The summed E-state index contributed by atoms with van der Waals surface area (Å²) in [7, 11) is 1.55. The van der Waals surface area contributed by atoms with Gasteiger partial charge in [-0.2, -0.15) is 0 Å². The Labute approximate surface area is 257 Å². The molecule has 1 saturated heterocycles. The number of thiazole rings is 1. The zero-order valence-corrected chi connectivity index (χ0v) is 24.9. The molecule has 3 aromatic carbocycles. The van der Waals surface area contributed by atoms with Crippen LogP contribution in [0.5, 0.6) is 11.5 Å². The molecule has 9 nitrogen and oxygen atoms in total. The highest BCUT2D eigenvalue weighted by molar-refractivity contribution is 8.00. The second kappa shape index (κ2) is 11.5. The lowest BCUT2D eigenvalue weighted by Gasteiger charge is -2.31. The van der Waals surface area contributed by atoms with Crippen LogP contribution in [0.15, 0.2) is 76.6 Å². The normalized spacial score (nSPS) is 19.3. The van der Waals surface area contributed by atoms with Gasteiger partial charge in [0, 0.05) is 32.1 Å². The largest absolute Gasteiger partial charge is 0.497 e. The maximum absolute atomic E-state index is 14.0. The molecule has 214 valence electrons. The van der Waals surface area contributed by atoms with Crippen molar-refractivity contribution in [1.29, 1.82) is 0 Å². The molecule has 3 atom stereocenters. The fraction of sp³-hybridized carbons (Fsp3) is 0.172. The number of hydrogen-bond donors (Lipinski definition) is 2. The Kier molecular flexibility index (Phi) is 7.75. The highest BCUT2D eigenvalue weighted by atomic mass is 35.5. The highest BCUT2D eigenvalue weighted by Crippen LogP contribution is 2.54. The Morgan fingerprint density at radius 1 is 0.976 bits per heavy atom. The van der Waals surface area contributed by atoms with E-state index in [1.165, 1.54) is 0 Å². The van der Waals surface area contributed by atoms with Gasteiger partial charge < -0.3 is 19.8 Å². The van der Waals surface area contributed by atoms with Gasteiger partial charge in [-0.25, -0.2) is 4.90 Å². The van der Waals surface area contributed by atoms with Crippen LogP contribution < -0.4 is 24.6 Å². The number of amides is 3. The number of carbonyl (C=O) groups is 3. The molecular formula is C29H21Cl2N3O6S2. The van der Waals surface area contributed by atoms with Gasteiger partial charge in [-0.1, -0.05) is 46.3 Å². The van der Waals surface area contributed by atoms with E-state index in [-0.39, 0.29) is 11.5 Å². The van der Waals surface area contributed by atoms with Crippen molar-refractivity contribution in [1.82, 2.24) is 4.98 Å². The zero-order chi connectivity index (χ0) is 29.5. The van der Waals surface area contributed by atoms with Crippen LogP contribution >= 0.6 is 46.3 Å². The number of ether oxygens (including phenoxy) is 2. The predicted molar refractivity (Wildman–Crippen MR) is 162 cm³/mol. The fourth-order valence-corrected chi connectivity index (χ4v) is 7.92. The summed E-state index contributed by atoms with van der Waals surface area (Å²) in [5.41, 5.74) is 1.45. The number of nitrogens with one attached hydrogen (secondary N) is 2. The number of halogens is 2. The van der Waals surface area contributed by atoms with Crippen molar-refractivity contribution in [2.45, 2.75) is 16.2 Å². The van der Waals surface area contributed by atoms with E-state index in [2.05, 4.69) is 10.3 Å². The van der Waals surface area contributed by atoms with E-state index in [9.17, 15) is 19.2 Å². The molecule has 3 heterocycles. The number of aromatic amines is 1. The van der Waals surface area contributed by atoms with E-state index in [1.54, 1.807) is 73.8 Å². The van der Waals surface area contributed by atoms with Gasteiger partial charge in [0.25, 0.3) is 5.91 Å². The van der Waals surface area contributed by atoms with Gasteiger partial charge in [0.1, 0.15) is 16.7 Å². The summed E-state index contributed by atoms with van der Waals surface area (Å²) < 4.78 is 11.1. The number of imide groups is 1. The molecule has 2 N–H and O–H groups in total. The summed E-state index contributed by atoms with van der Waals surface area (Å²) in [4.78, 5) is 57.1. The topological polar surface area (TPSA) is 118 Å². The van der Waals surface area contributed by atoms with E-state index in [0.29, 0.717) is 48.4 Å². The second-order valence-corrected chi connectivity index (χ2v) is 12.5. The molecule has 42 heavy (non-hydrogen) atoms. The van der Waals surface area contributed by atoms with E-state index < -0.39 is 34.8 Å². The monoisotopic (exact) mass is 641 g/mol. The molecule has 0 radical (unpaired) electrons. The first-order valence-corrected chi connectivity index (χ1v) is 15.1. The van der Waals surface area contributed by atoms with Crippen LogP contribution in [0.4, 0.5) is 11.4 Å². The average molecular weight is 643 g/mol. The maximum Gasteiger partial charge on any atom is 0.305 e. The highest BCUT2D eigenvalue weighted by Gasteiger charge is 2.56. The minimum atomic E-state index is -0.855. The van der Waals surface area contributed by atoms with Crippen molar-refractivity contribution < 1.29 is 23.9 Å². The molecule has 4 aromatic rings. The van der Waals surface area contributed by atoms with Gasteiger partial charge in [-0.15, -0.1) is 0 Å². The van der Waals surface area contributed by atoms with Crippen LogP contribution in [-0.2, 0) is 14.4 Å². The second-order valence-electron chi connectivity index (χ2n) is 9.49. The molecule has 3 amide bonds. The molecule has 0 spiro atoms. The van der Waals surface area contributed by atoms with Crippen molar-refractivity contribution in [3.63, 3.8) is 0 Å². The van der Waals surface area contributed by atoms with Crippen LogP contribution in [0.3, 0.4) is 0 Å². The fourth-order valence-electron chi connectivity index (χ4n) is 5.11. The number of H-pyrrole nitrogens is 1. The first kappa shape index (κ1) is 28.4. The van der Waals surface area contributed by atoms with Crippen LogP contribution in [-0.4, -0.2) is 41.7 Å². The summed E-state index contributed by atoms with van der Waals surface area (Å²) in [5.74, 6) is -1.86. The Bertz CT molecular complexity index is 1760. The van der Waals surface area contributed by atoms with Gasteiger partial charge in [0.15, 0.2) is 6.61 Å². The third-order valence-corrected chi connectivity index (χ3v) is 9.84. The lowest BCUT2D eigenvalue weighted by Crippen LogP contribution is -2.32. The molecular weight excluding hydrogens is 621 g/mol. The molecule has 1 fully saturated rings. The van der Waals surface area contributed by atoms with Crippen molar-refractivity contribution in [3.05, 3.63) is 96.9 Å². The Morgan fingerprint density at radius 3 is 2.40 bits per heavy atom. The number of thioether (sulfide) groups is 1. The minimum Gasteiger partial charge on any atom is -0.497 e. The lowest BCUT2D eigenvalue weighted by atomic mass is 9.82. The van der Waals surface area contributed by atoms with Gasteiger partial charge >= 0.3 is 4.87 Å². The van der Waals surface area contributed by atoms with E-state index in [0.717, 1.165) is 28.0 Å². The molecule has 3 unspecified atom stereocenters. The van der Waals surface area contributed by atoms with E-state index >= 15 is 0 Å². The summed E-state index contributed by atoms with van der Waals surface area (Å²) >= 11 is 14.6. The smallest absolute Gasteiger partial charge is 0.305 e. The van der Waals surface area contributed by atoms with Crippen molar-refractivity contribution in [3.8, 4) is 11.5 Å². The third kappa shape index (κ3) is 5.29. The SMILES string of the molecule is COc1ccc(NC(=O)COc2ccc(Cl)cc2C2c3sc(=O)[nH]c3SC3C(=O)N(c4ccc(Cl)cc4)C(=O)C32)cc1. The number of nitrogens with zero attached hydrogens (tertiary/aromatic N) is 1. The number of fused-ring (bicyclic) bond motifs is 2. The number of benzene rings is 3. The minimum absolute atomic E-state index is 0.303. The van der Waals surface area contributed by atoms with Gasteiger partial charge in [-0.05, 0) is 66.7 Å². The van der Waals surface area contributed by atoms with Crippen molar-refractivity contribution in [2.75, 3.05) is 23.9 Å². The van der Waals surface area contributed by atoms with Crippen LogP contribution in [0.25, 0.3) is 0 Å². The number of anilines is 2. The maximum atomic E-state index is 14.0. The summed E-state index contributed by atoms with van der Waals surface area (Å²) in [6.45, 7) is -0.337. The molecule has 0 aliphatic carbocycles. The Hall–Kier alpha value is -3.77. The first-order valence-electron chi connectivity index (χ1n) is 12.6. The number of hydrogen-bond acceptors (Lipinski definition) is 8. The number of carbonyl (C=O) groups excluding carboxylic acids is 3. The van der Waals surface area contributed by atoms with Crippen LogP contribution in [0, 0.1) is 5.92 Å². The van der Waals surface area contributed by atoms with Crippen LogP contribution in [0.1, 0.15) is 16.4 Å². The van der Waals surface area contributed by atoms with E-state index in [1.807, 2.05) is 0 Å². The number of rotatable bonds is 7. The third-order valence-electron chi connectivity index (χ3n) is 6.95. The summed E-state index contributed by atoms with van der Waals surface area (Å²) in [6.07, 6.45) is 0. The lowest BCUT2D eigenvalue weighted by molar-refractivity contribution is -0.122. The molecule has 2 aliphatic heterocycles. The molecule has 6 rings (SSSR count). The number of methoxy groups -OCH3 is 1. The standard InChI is InChI=1S/C29H21Cl2N3O6S2/c1-39-18-9-5-16(6-10-18)32-21(35)13-40-20-11-4-15(31)12-19(20)22-23-25(41-26-24(22)42-29(38)33-26)28(37)34(27(23)36)17-7-2-14(30)3-8-17/h2-12,22-23,25H,13H2,1H3,(H,32,35)(H,33,38). The Balaban J connectivity index is 1.34. The molecule has 2 aliphatic rings. The van der Waals surface area contributed by atoms with Gasteiger partial charge in [0.2, 0.25) is 11.8 Å². The molecule has 1 aromatic heterocycles. The number of aromatic nitrogens is 1. The Morgan fingerprint density at radius 2 is 1.69 bits per heavy atom. The summed E-state index contributed by atoms with van der Waals surface area (Å²) in [6, 6.07) is 18.2. The van der Waals surface area contributed by atoms with Crippen molar-refractivity contribution in [2.24, 2.45) is 5.92 Å². The zero-order valence-electron chi connectivity index (χ0n) is 21.8. The first-order chi connectivity index (χ1) is 20.2. The van der Waals surface area contributed by atoms with Gasteiger partial charge in [-0.3, -0.25) is 19.2 Å². The predicted octanol–water partition coefficient (Wildman–Crippen LogP) is 5.57. The van der Waals surface area contributed by atoms with Gasteiger partial charge in [0.05, 0.1) is 23.7 Å². The van der Waals surface area contributed by atoms with Crippen LogP contribution in [0.2, 0.25) is 10.0 Å². The van der Waals surface area contributed by atoms with Crippen molar-refractivity contribution >= 4 is 75.4 Å². The average Bonchev–Trinajstić information content (AvgIpc) is 3.47. The molecule has 0 bridgehead atoms. The molecule has 0 saturated carbocycles.